The topological polar surface area (TPSA) is 84.3 Å². The first kappa shape index (κ1) is 23.3. The van der Waals surface area contributed by atoms with Crippen molar-refractivity contribution in [3.05, 3.63) is 110 Å². The van der Waals surface area contributed by atoms with E-state index in [0.29, 0.717) is 43.7 Å². The Morgan fingerprint density at radius 2 is 1.63 bits per heavy atom. The van der Waals surface area contributed by atoms with Gasteiger partial charge in [0, 0.05) is 11.8 Å². The first-order chi connectivity index (χ1) is 16.8. The molecule has 1 aliphatic rings. The molecule has 0 unspecified atom stereocenters. The Hall–Kier alpha value is -3.46. The van der Waals surface area contributed by atoms with Gasteiger partial charge in [-0.05, 0) is 64.0 Å². The van der Waals surface area contributed by atoms with E-state index in [2.05, 4.69) is 26.3 Å². The summed E-state index contributed by atoms with van der Waals surface area (Å²) in [6.07, 6.45) is 1.73. The SMILES string of the molecule is O=C(Nc1nn(Cc2ccc(Cl)c(Cl)c2)cc1Br)c1cccc(N2C(=O)c3ccccc3C2=O)c1. The van der Waals surface area contributed by atoms with Gasteiger partial charge in [-0.15, -0.1) is 0 Å². The number of nitrogens with zero attached hydrogens (tertiary/aromatic N) is 3. The molecule has 0 aliphatic carbocycles. The largest absolute Gasteiger partial charge is 0.304 e. The molecule has 1 aromatic heterocycles. The third kappa shape index (κ3) is 4.48. The van der Waals surface area contributed by atoms with Gasteiger partial charge in [-0.1, -0.05) is 47.5 Å². The number of carbonyl (C=O) groups excluding carboxylic acids is 3. The van der Waals surface area contributed by atoms with Crippen LogP contribution >= 0.6 is 39.1 Å². The quantitative estimate of drug-likeness (QED) is 0.296. The lowest BCUT2D eigenvalue weighted by Gasteiger charge is -2.15. The van der Waals surface area contributed by atoms with Gasteiger partial charge in [-0.3, -0.25) is 19.1 Å². The number of benzene rings is 3. The first-order valence-electron chi connectivity index (χ1n) is 10.4. The van der Waals surface area contributed by atoms with Crippen LogP contribution in [-0.2, 0) is 6.54 Å². The third-order valence-corrected chi connectivity index (χ3v) is 6.76. The molecule has 0 spiro atoms. The Kier molecular flexibility index (Phi) is 6.19. The molecular formula is C25H15BrCl2N4O3. The van der Waals surface area contributed by atoms with Crippen molar-refractivity contribution in [1.29, 1.82) is 0 Å². The average molecular weight is 570 g/mol. The van der Waals surface area contributed by atoms with E-state index in [4.69, 9.17) is 23.2 Å². The van der Waals surface area contributed by atoms with E-state index in [9.17, 15) is 14.4 Å². The van der Waals surface area contributed by atoms with Crippen molar-refractivity contribution in [2.45, 2.75) is 6.54 Å². The van der Waals surface area contributed by atoms with Gasteiger partial charge in [0.25, 0.3) is 17.7 Å². The molecular weight excluding hydrogens is 555 g/mol. The molecule has 1 aliphatic heterocycles. The van der Waals surface area contributed by atoms with Gasteiger partial charge in [0.2, 0.25) is 0 Å². The van der Waals surface area contributed by atoms with Crippen LogP contribution in [0.1, 0.15) is 36.6 Å². The van der Waals surface area contributed by atoms with Crippen LogP contribution in [0.15, 0.2) is 77.4 Å². The number of hydrogen-bond acceptors (Lipinski definition) is 4. The van der Waals surface area contributed by atoms with Crippen molar-refractivity contribution < 1.29 is 14.4 Å². The predicted octanol–water partition coefficient (Wildman–Crippen LogP) is 6.05. The zero-order valence-corrected chi connectivity index (χ0v) is 20.9. The maximum atomic E-state index is 13.0. The van der Waals surface area contributed by atoms with E-state index in [1.54, 1.807) is 65.5 Å². The van der Waals surface area contributed by atoms with Crippen LogP contribution in [0.4, 0.5) is 11.5 Å². The molecule has 1 N–H and O–H groups in total. The van der Waals surface area contributed by atoms with Crippen molar-refractivity contribution in [2.75, 3.05) is 10.2 Å². The Morgan fingerprint density at radius 3 is 2.31 bits per heavy atom. The van der Waals surface area contributed by atoms with Crippen LogP contribution in [0.2, 0.25) is 10.0 Å². The number of amides is 3. The molecule has 0 bridgehead atoms. The number of fused-ring (bicyclic) bond motifs is 1. The second-order valence-corrected chi connectivity index (χ2v) is 9.44. The summed E-state index contributed by atoms with van der Waals surface area (Å²) in [5, 5.41) is 8.09. The number of halogens is 3. The number of rotatable bonds is 5. The summed E-state index contributed by atoms with van der Waals surface area (Å²) in [5.74, 6) is -0.968. The van der Waals surface area contributed by atoms with Gasteiger partial charge in [-0.25, -0.2) is 4.90 Å². The van der Waals surface area contributed by atoms with Crippen molar-refractivity contribution in [3.63, 3.8) is 0 Å². The second kappa shape index (κ2) is 9.30. The van der Waals surface area contributed by atoms with E-state index >= 15 is 0 Å². The smallest absolute Gasteiger partial charge is 0.266 e. The average Bonchev–Trinajstić information content (AvgIpc) is 3.32. The fourth-order valence-electron chi connectivity index (χ4n) is 3.78. The number of imide groups is 1. The van der Waals surface area contributed by atoms with Crippen molar-refractivity contribution >= 4 is 68.4 Å². The molecule has 35 heavy (non-hydrogen) atoms. The minimum Gasteiger partial charge on any atom is -0.304 e. The summed E-state index contributed by atoms with van der Waals surface area (Å²) in [7, 11) is 0. The summed E-state index contributed by atoms with van der Waals surface area (Å²) < 4.78 is 2.23. The van der Waals surface area contributed by atoms with E-state index in [1.807, 2.05) is 6.07 Å². The zero-order chi connectivity index (χ0) is 24.7. The molecule has 2 heterocycles. The zero-order valence-electron chi connectivity index (χ0n) is 17.8. The fourth-order valence-corrected chi connectivity index (χ4v) is 4.51. The molecule has 0 fully saturated rings. The Balaban J connectivity index is 1.34. The van der Waals surface area contributed by atoms with Crippen molar-refractivity contribution in [1.82, 2.24) is 9.78 Å². The molecule has 0 atom stereocenters. The molecule has 0 saturated heterocycles. The Labute approximate surface area is 218 Å². The highest BCUT2D eigenvalue weighted by molar-refractivity contribution is 9.10. The van der Waals surface area contributed by atoms with Gasteiger partial charge < -0.3 is 5.32 Å². The fraction of sp³-hybridized carbons (Fsp3) is 0.0400. The standard InChI is InChI=1S/C25H15BrCl2N4O3/c26-19-13-31(12-14-8-9-20(27)21(28)10-14)30-22(19)29-23(33)15-4-3-5-16(11-15)32-24(34)17-6-1-2-7-18(17)25(32)35/h1-11,13H,12H2,(H,29,30,33). The van der Waals surface area contributed by atoms with E-state index in [0.717, 1.165) is 10.5 Å². The molecule has 4 aromatic rings. The molecule has 0 saturated carbocycles. The second-order valence-electron chi connectivity index (χ2n) is 7.77. The highest BCUT2D eigenvalue weighted by Crippen LogP contribution is 2.29. The van der Waals surface area contributed by atoms with E-state index < -0.39 is 17.7 Å². The van der Waals surface area contributed by atoms with Gasteiger partial charge in [0.15, 0.2) is 5.82 Å². The summed E-state index contributed by atoms with van der Waals surface area (Å²) >= 11 is 15.5. The highest BCUT2D eigenvalue weighted by atomic mass is 79.9. The van der Waals surface area contributed by atoms with Crippen LogP contribution in [0.3, 0.4) is 0 Å². The summed E-state index contributed by atoms with van der Waals surface area (Å²) in [6, 6.07) is 18.3. The summed E-state index contributed by atoms with van der Waals surface area (Å²) in [4.78, 5) is 39.6. The summed E-state index contributed by atoms with van der Waals surface area (Å²) in [6.45, 7) is 0.417. The third-order valence-electron chi connectivity index (χ3n) is 5.44. The van der Waals surface area contributed by atoms with Gasteiger partial charge in [0.1, 0.15) is 0 Å². The molecule has 5 rings (SSSR count). The molecule has 3 amide bonds. The Morgan fingerprint density at radius 1 is 0.914 bits per heavy atom. The minimum absolute atomic E-state index is 0.269. The number of hydrogen-bond donors (Lipinski definition) is 1. The lowest BCUT2D eigenvalue weighted by Crippen LogP contribution is -2.29. The van der Waals surface area contributed by atoms with Crippen LogP contribution in [0, 0.1) is 0 Å². The number of anilines is 2. The lowest BCUT2D eigenvalue weighted by molar-refractivity contribution is 0.0924. The first-order valence-corrected chi connectivity index (χ1v) is 11.9. The molecule has 7 nitrogen and oxygen atoms in total. The van der Waals surface area contributed by atoms with Gasteiger partial charge in [0.05, 0.1) is 37.9 Å². The molecule has 0 radical (unpaired) electrons. The number of nitrogens with one attached hydrogen (secondary N) is 1. The number of aromatic nitrogens is 2. The van der Waals surface area contributed by atoms with E-state index in [-0.39, 0.29) is 5.56 Å². The van der Waals surface area contributed by atoms with Gasteiger partial charge in [-0.2, -0.15) is 5.10 Å². The van der Waals surface area contributed by atoms with Crippen molar-refractivity contribution in [2.24, 2.45) is 0 Å². The van der Waals surface area contributed by atoms with Crippen LogP contribution < -0.4 is 10.2 Å². The minimum atomic E-state index is -0.441. The highest BCUT2D eigenvalue weighted by Gasteiger charge is 2.36. The maximum absolute atomic E-state index is 13.0. The normalized spacial score (nSPS) is 12.7. The maximum Gasteiger partial charge on any atom is 0.266 e. The molecule has 3 aromatic carbocycles. The van der Waals surface area contributed by atoms with Crippen LogP contribution in [-0.4, -0.2) is 27.5 Å². The predicted molar refractivity (Wildman–Crippen MR) is 137 cm³/mol. The van der Waals surface area contributed by atoms with Crippen LogP contribution in [0.25, 0.3) is 0 Å². The van der Waals surface area contributed by atoms with E-state index in [1.165, 1.54) is 6.07 Å². The van der Waals surface area contributed by atoms with Gasteiger partial charge >= 0.3 is 0 Å². The van der Waals surface area contributed by atoms with Crippen molar-refractivity contribution in [3.8, 4) is 0 Å². The van der Waals surface area contributed by atoms with Crippen LogP contribution in [0.5, 0.6) is 0 Å². The number of carbonyl (C=O) groups is 3. The molecule has 10 heteroatoms. The monoisotopic (exact) mass is 568 g/mol. The molecule has 174 valence electrons. The Bertz CT molecular complexity index is 1480. The summed E-state index contributed by atoms with van der Waals surface area (Å²) in [5.41, 5.74) is 2.14. The lowest BCUT2D eigenvalue weighted by atomic mass is 10.1.